The Kier molecular flexibility index (Phi) is 3.04. The molecule has 102 valence electrons. The number of fused-ring (bicyclic) bond motifs is 1. The number of halogens is 1. The molecule has 2 heterocycles. The standard InChI is InChI=1S/C11H14ClN5O2/c12-9-8-10(16-11(13)15-9)17(4-14-8)7-1-5(2-18)6(7)3-19/h4-7,18-19H,1-3H2,(H2,13,15,16). The van der Waals surface area contributed by atoms with Gasteiger partial charge in [0.2, 0.25) is 5.95 Å². The second-order valence-electron chi connectivity index (χ2n) is 4.79. The van der Waals surface area contributed by atoms with Gasteiger partial charge in [0.15, 0.2) is 10.8 Å². The zero-order valence-corrected chi connectivity index (χ0v) is 10.8. The number of aliphatic hydroxyl groups is 2. The second-order valence-corrected chi connectivity index (χ2v) is 5.15. The average Bonchev–Trinajstić information content (AvgIpc) is 2.73. The molecule has 19 heavy (non-hydrogen) atoms. The zero-order valence-electron chi connectivity index (χ0n) is 10.1. The van der Waals surface area contributed by atoms with Crippen molar-refractivity contribution in [3.8, 4) is 0 Å². The summed E-state index contributed by atoms with van der Waals surface area (Å²) in [7, 11) is 0. The number of anilines is 1. The van der Waals surface area contributed by atoms with E-state index < -0.39 is 0 Å². The predicted octanol–water partition coefficient (Wildman–Crippen LogP) is 0.224. The predicted molar refractivity (Wildman–Crippen MR) is 69.6 cm³/mol. The Balaban J connectivity index is 2.02. The van der Waals surface area contributed by atoms with Crippen molar-refractivity contribution in [3.05, 3.63) is 11.5 Å². The van der Waals surface area contributed by atoms with Crippen LogP contribution in [0.25, 0.3) is 11.2 Å². The quantitative estimate of drug-likeness (QED) is 0.695. The molecular weight excluding hydrogens is 270 g/mol. The van der Waals surface area contributed by atoms with Crippen LogP contribution >= 0.6 is 11.6 Å². The summed E-state index contributed by atoms with van der Waals surface area (Å²) in [5, 5.41) is 18.8. The SMILES string of the molecule is Nc1nc(Cl)c2ncn(C3CC(CO)C3CO)c2n1. The summed E-state index contributed by atoms with van der Waals surface area (Å²) < 4.78 is 1.85. The summed E-state index contributed by atoms with van der Waals surface area (Å²) >= 11 is 5.97. The molecule has 2 aromatic rings. The van der Waals surface area contributed by atoms with E-state index >= 15 is 0 Å². The van der Waals surface area contributed by atoms with Crippen molar-refractivity contribution in [3.63, 3.8) is 0 Å². The Morgan fingerprint density at radius 2 is 2.16 bits per heavy atom. The van der Waals surface area contributed by atoms with E-state index in [0.717, 1.165) is 6.42 Å². The van der Waals surface area contributed by atoms with Crippen LogP contribution in [-0.2, 0) is 0 Å². The highest BCUT2D eigenvalue weighted by molar-refractivity contribution is 6.33. The number of nitrogen functional groups attached to an aromatic ring is 1. The first-order valence-electron chi connectivity index (χ1n) is 6.03. The van der Waals surface area contributed by atoms with Crippen LogP contribution in [0.2, 0.25) is 5.15 Å². The molecule has 3 rings (SSSR count). The van der Waals surface area contributed by atoms with Gasteiger partial charge < -0.3 is 20.5 Å². The highest BCUT2D eigenvalue weighted by atomic mass is 35.5. The van der Waals surface area contributed by atoms with E-state index in [1.54, 1.807) is 6.33 Å². The summed E-state index contributed by atoms with van der Waals surface area (Å²) in [5.41, 5.74) is 6.66. The summed E-state index contributed by atoms with van der Waals surface area (Å²) in [6.07, 6.45) is 2.40. The van der Waals surface area contributed by atoms with Gasteiger partial charge in [-0.25, -0.2) is 4.98 Å². The number of hydrogen-bond donors (Lipinski definition) is 3. The van der Waals surface area contributed by atoms with E-state index in [-0.39, 0.29) is 42.2 Å². The van der Waals surface area contributed by atoms with Crippen LogP contribution in [-0.4, -0.2) is 42.9 Å². The molecule has 3 atom stereocenters. The first-order chi connectivity index (χ1) is 9.15. The molecule has 1 fully saturated rings. The molecule has 1 aliphatic rings. The van der Waals surface area contributed by atoms with Crippen LogP contribution in [0.3, 0.4) is 0 Å². The fraction of sp³-hybridized carbons (Fsp3) is 0.545. The number of imidazole rings is 1. The highest BCUT2D eigenvalue weighted by Gasteiger charge is 2.42. The van der Waals surface area contributed by atoms with Crippen molar-refractivity contribution in [2.24, 2.45) is 11.8 Å². The van der Waals surface area contributed by atoms with Crippen molar-refractivity contribution in [2.75, 3.05) is 18.9 Å². The number of nitrogens with two attached hydrogens (primary N) is 1. The number of aromatic nitrogens is 4. The normalized spacial score (nSPS) is 26.6. The molecule has 0 amide bonds. The van der Waals surface area contributed by atoms with Crippen molar-refractivity contribution < 1.29 is 10.2 Å². The van der Waals surface area contributed by atoms with Crippen molar-refractivity contribution >= 4 is 28.7 Å². The van der Waals surface area contributed by atoms with Crippen LogP contribution in [0.1, 0.15) is 12.5 Å². The third kappa shape index (κ3) is 1.85. The Morgan fingerprint density at radius 1 is 1.37 bits per heavy atom. The van der Waals surface area contributed by atoms with E-state index in [4.69, 9.17) is 17.3 Å². The minimum Gasteiger partial charge on any atom is -0.396 e. The van der Waals surface area contributed by atoms with Crippen LogP contribution in [0.5, 0.6) is 0 Å². The maximum absolute atomic E-state index is 9.41. The summed E-state index contributed by atoms with van der Waals surface area (Å²) in [6.45, 7) is 0.0934. The molecule has 3 unspecified atom stereocenters. The Bertz CT molecular complexity index is 616. The second kappa shape index (κ2) is 4.59. The molecule has 8 heteroatoms. The topological polar surface area (TPSA) is 110 Å². The molecule has 1 saturated carbocycles. The Labute approximate surface area is 114 Å². The number of rotatable bonds is 3. The molecule has 1 aliphatic carbocycles. The maximum Gasteiger partial charge on any atom is 0.223 e. The largest absolute Gasteiger partial charge is 0.396 e. The Morgan fingerprint density at radius 3 is 2.84 bits per heavy atom. The Hall–Kier alpha value is -1.44. The molecule has 0 aromatic carbocycles. The van der Waals surface area contributed by atoms with E-state index in [2.05, 4.69) is 15.0 Å². The van der Waals surface area contributed by atoms with Gasteiger partial charge in [-0.05, 0) is 12.3 Å². The van der Waals surface area contributed by atoms with Gasteiger partial charge in [-0.1, -0.05) is 11.6 Å². The van der Waals surface area contributed by atoms with Gasteiger partial charge in [0.1, 0.15) is 5.52 Å². The average molecular weight is 284 g/mol. The van der Waals surface area contributed by atoms with Crippen LogP contribution in [0, 0.1) is 11.8 Å². The van der Waals surface area contributed by atoms with Gasteiger partial charge in [-0.2, -0.15) is 9.97 Å². The third-order valence-electron chi connectivity index (χ3n) is 3.84. The lowest BCUT2D eigenvalue weighted by Crippen LogP contribution is -2.42. The maximum atomic E-state index is 9.41. The lowest BCUT2D eigenvalue weighted by atomic mass is 9.70. The molecule has 0 spiro atoms. The molecule has 2 aromatic heterocycles. The molecule has 7 nitrogen and oxygen atoms in total. The highest BCUT2D eigenvalue weighted by Crippen LogP contribution is 2.44. The fourth-order valence-corrected chi connectivity index (χ4v) is 2.94. The van der Waals surface area contributed by atoms with Crippen molar-refractivity contribution in [1.29, 1.82) is 0 Å². The van der Waals surface area contributed by atoms with E-state index in [1.807, 2.05) is 4.57 Å². The van der Waals surface area contributed by atoms with E-state index in [9.17, 15) is 10.2 Å². The van der Waals surface area contributed by atoms with E-state index in [1.165, 1.54) is 0 Å². The minimum atomic E-state index is -0.00244. The monoisotopic (exact) mass is 283 g/mol. The third-order valence-corrected chi connectivity index (χ3v) is 4.11. The van der Waals surface area contributed by atoms with Crippen LogP contribution in [0.15, 0.2) is 6.33 Å². The van der Waals surface area contributed by atoms with Crippen molar-refractivity contribution in [2.45, 2.75) is 12.5 Å². The van der Waals surface area contributed by atoms with Gasteiger partial charge in [0, 0.05) is 25.2 Å². The van der Waals surface area contributed by atoms with Gasteiger partial charge >= 0.3 is 0 Å². The lowest BCUT2D eigenvalue weighted by Gasteiger charge is -2.43. The van der Waals surface area contributed by atoms with Crippen molar-refractivity contribution in [1.82, 2.24) is 19.5 Å². The molecule has 0 radical (unpaired) electrons. The van der Waals surface area contributed by atoms with E-state index in [0.29, 0.717) is 11.2 Å². The molecule has 0 aliphatic heterocycles. The molecule has 0 bridgehead atoms. The first-order valence-corrected chi connectivity index (χ1v) is 6.40. The fourth-order valence-electron chi connectivity index (χ4n) is 2.72. The van der Waals surface area contributed by atoms with Gasteiger partial charge in [-0.15, -0.1) is 0 Å². The number of nitrogens with zero attached hydrogens (tertiary/aromatic N) is 4. The molecular formula is C11H14ClN5O2. The number of hydrogen-bond acceptors (Lipinski definition) is 6. The van der Waals surface area contributed by atoms with Crippen LogP contribution < -0.4 is 5.73 Å². The summed E-state index contributed by atoms with van der Waals surface area (Å²) in [4.78, 5) is 12.2. The van der Waals surface area contributed by atoms with Crippen LogP contribution in [0.4, 0.5) is 5.95 Å². The minimum absolute atomic E-state index is 0.00244. The summed E-state index contributed by atoms with van der Waals surface area (Å²) in [6, 6.07) is 0.0533. The zero-order chi connectivity index (χ0) is 13.6. The smallest absolute Gasteiger partial charge is 0.223 e. The summed E-state index contributed by atoms with van der Waals surface area (Å²) in [5.74, 6) is 0.206. The molecule has 0 saturated heterocycles. The first kappa shape index (κ1) is 12.6. The lowest BCUT2D eigenvalue weighted by molar-refractivity contribution is -0.00528. The molecule has 4 N–H and O–H groups in total. The number of aliphatic hydroxyl groups excluding tert-OH is 2. The van der Waals surface area contributed by atoms with Gasteiger partial charge in [0.25, 0.3) is 0 Å². The van der Waals surface area contributed by atoms with Gasteiger partial charge in [0.05, 0.1) is 6.33 Å². The van der Waals surface area contributed by atoms with Gasteiger partial charge in [-0.3, -0.25) is 0 Å².